The number of nitrogens with zero attached hydrogens (tertiary/aromatic N) is 1. The van der Waals surface area contributed by atoms with E-state index in [1.807, 2.05) is 0 Å². The summed E-state index contributed by atoms with van der Waals surface area (Å²) in [4.78, 5) is 11.0. The number of primary amides is 1. The zero-order valence-corrected chi connectivity index (χ0v) is 11.4. The van der Waals surface area contributed by atoms with Gasteiger partial charge in [0, 0.05) is 12.6 Å². The Morgan fingerprint density at radius 2 is 2.06 bits per heavy atom. The van der Waals surface area contributed by atoms with Gasteiger partial charge in [-0.15, -0.1) is 0 Å². The summed E-state index contributed by atoms with van der Waals surface area (Å²) in [5.41, 5.74) is 5.14. The summed E-state index contributed by atoms with van der Waals surface area (Å²) in [6, 6.07) is -0.174. The maximum atomic E-state index is 12.4. The van der Waals surface area contributed by atoms with Gasteiger partial charge in [0.2, 0.25) is 15.9 Å². The van der Waals surface area contributed by atoms with Crippen molar-refractivity contribution in [1.82, 2.24) is 9.62 Å². The summed E-state index contributed by atoms with van der Waals surface area (Å²) in [5.74, 6) is -0.621. The van der Waals surface area contributed by atoms with Crippen LogP contribution >= 0.6 is 0 Å². The molecule has 0 aliphatic carbocycles. The van der Waals surface area contributed by atoms with Crippen LogP contribution in [0.2, 0.25) is 0 Å². The van der Waals surface area contributed by atoms with Crippen molar-refractivity contribution in [3.63, 3.8) is 0 Å². The summed E-state index contributed by atoms with van der Waals surface area (Å²) in [5, 5.41) is 3.09. The van der Waals surface area contributed by atoms with E-state index in [1.165, 1.54) is 4.31 Å². The maximum Gasteiger partial charge on any atom is 0.232 e. The Balaban J connectivity index is 3.01. The first-order valence-electron chi connectivity index (χ1n) is 5.66. The largest absolute Gasteiger partial charge is 0.369 e. The maximum absolute atomic E-state index is 12.4. The molecule has 1 amide bonds. The molecule has 1 unspecified atom stereocenters. The minimum absolute atomic E-state index is 0.174. The molecule has 17 heavy (non-hydrogen) atoms. The number of sulfonamides is 1. The Hall–Kier alpha value is -0.660. The average Bonchev–Trinajstić information content (AvgIpc) is 2.64. The summed E-state index contributed by atoms with van der Waals surface area (Å²) in [7, 11) is -3.52. The van der Waals surface area contributed by atoms with Gasteiger partial charge in [-0.25, -0.2) is 8.42 Å². The van der Waals surface area contributed by atoms with Crippen molar-refractivity contribution in [2.45, 2.75) is 38.0 Å². The molecule has 1 atom stereocenters. The van der Waals surface area contributed by atoms with Crippen molar-refractivity contribution < 1.29 is 13.2 Å². The third kappa shape index (κ3) is 3.17. The van der Waals surface area contributed by atoms with Crippen molar-refractivity contribution >= 4 is 15.9 Å². The van der Waals surface area contributed by atoms with Crippen LogP contribution in [0.3, 0.4) is 0 Å². The van der Waals surface area contributed by atoms with Gasteiger partial charge in [0.05, 0.1) is 11.3 Å². The third-order valence-corrected chi connectivity index (χ3v) is 5.43. The summed E-state index contributed by atoms with van der Waals surface area (Å²) >= 11 is 0. The van der Waals surface area contributed by atoms with Gasteiger partial charge in [0.15, 0.2) is 0 Å². The zero-order valence-electron chi connectivity index (χ0n) is 10.6. The predicted octanol–water partition coefficient (Wildman–Crippen LogP) is -0.736. The molecule has 0 aromatic rings. The van der Waals surface area contributed by atoms with Gasteiger partial charge in [-0.2, -0.15) is 4.31 Å². The highest BCUT2D eigenvalue weighted by Gasteiger charge is 2.40. The molecule has 0 spiro atoms. The van der Waals surface area contributed by atoms with Crippen LogP contribution in [0.25, 0.3) is 0 Å². The molecule has 3 N–H and O–H groups in total. The molecule has 1 heterocycles. The highest BCUT2D eigenvalue weighted by atomic mass is 32.2. The molecule has 1 saturated heterocycles. The molecule has 0 aromatic heterocycles. The fourth-order valence-electron chi connectivity index (χ4n) is 1.80. The van der Waals surface area contributed by atoms with Crippen molar-refractivity contribution in [1.29, 1.82) is 0 Å². The van der Waals surface area contributed by atoms with Crippen LogP contribution in [0, 0.1) is 0 Å². The quantitative estimate of drug-likeness (QED) is 0.699. The van der Waals surface area contributed by atoms with Crippen LogP contribution in [0.1, 0.15) is 27.2 Å². The van der Waals surface area contributed by atoms with Gasteiger partial charge in [0.25, 0.3) is 0 Å². The number of nitrogens with one attached hydrogen (secondary N) is 1. The number of rotatable bonds is 4. The molecule has 100 valence electrons. The fourth-order valence-corrected chi connectivity index (χ4v) is 3.37. The standard InChI is InChI=1S/C10H21N3O3S/c1-10(2,3)17(15,16)13(7-9(11)14)8-4-5-12-6-8/h8,12H,4-7H2,1-3H3,(H2,11,14). The van der Waals surface area contributed by atoms with Crippen LogP contribution in [0.4, 0.5) is 0 Å². The van der Waals surface area contributed by atoms with Crippen molar-refractivity contribution in [3.8, 4) is 0 Å². The lowest BCUT2D eigenvalue weighted by atomic mass is 10.2. The third-order valence-electron chi connectivity index (χ3n) is 2.84. The molecule has 0 bridgehead atoms. The van der Waals surface area contributed by atoms with E-state index in [1.54, 1.807) is 20.8 Å². The molecule has 1 fully saturated rings. The first-order chi connectivity index (χ1) is 7.66. The fraction of sp³-hybridized carbons (Fsp3) is 0.900. The highest BCUT2D eigenvalue weighted by Crippen LogP contribution is 2.24. The number of hydrogen-bond acceptors (Lipinski definition) is 4. The van der Waals surface area contributed by atoms with Crippen LogP contribution in [0.5, 0.6) is 0 Å². The molecular formula is C10H21N3O3S. The number of hydrogen-bond donors (Lipinski definition) is 2. The van der Waals surface area contributed by atoms with Crippen LogP contribution < -0.4 is 11.1 Å². The number of carbonyl (C=O) groups is 1. The Labute approximate surface area is 103 Å². The second-order valence-electron chi connectivity index (χ2n) is 5.28. The second-order valence-corrected chi connectivity index (χ2v) is 7.92. The van der Waals surface area contributed by atoms with E-state index in [2.05, 4.69) is 5.32 Å². The Bertz CT molecular complexity index is 380. The number of carbonyl (C=O) groups excluding carboxylic acids is 1. The molecule has 1 rings (SSSR count). The topological polar surface area (TPSA) is 92.5 Å². The molecule has 1 aliphatic heterocycles. The monoisotopic (exact) mass is 263 g/mol. The average molecular weight is 263 g/mol. The van der Waals surface area contributed by atoms with E-state index >= 15 is 0 Å². The second kappa shape index (κ2) is 4.91. The van der Waals surface area contributed by atoms with Crippen molar-refractivity contribution in [3.05, 3.63) is 0 Å². The first-order valence-corrected chi connectivity index (χ1v) is 7.10. The van der Waals surface area contributed by atoms with Gasteiger partial charge >= 0.3 is 0 Å². The lowest BCUT2D eigenvalue weighted by Crippen LogP contribution is -2.51. The highest BCUT2D eigenvalue weighted by molar-refractivity contribution is 7.90. The van der Waals surface area contributed by atoms with E-state index in [9.17, 15) is 13.2 Å². The lowest BCUT2D eigenvalue weighted by molar-refractivity contribution is -0.118. The van der Waals surface area contributed by atoms with Gasteiger partial charge in [0.1, 0.15) is 0 Å². The van der Waals surface area contributed by atoms with Gasteiger partial charge in [-0.3, -0.25) is 4.79 Å². The van der Waals surface area contributed by atoms with E-state index < -0.39 is 20.7 Å². The molecule has 0 saturated carbocycles. The van der Waals surface area contributed by atoms with Gasteiger partial charge in [-0.05, 0) is 33.7 Å². The molecule has 0 aromatic carbocycles. The minimum atomic E-state index is -3.52. The van der Waals surface area contributed by atoms with Gasteiger partial charge < -0.3 is 11.1 Å². The molecule has 0 radical (unpaired) electrons. The van der Waals surface area contributed by atoms with E-state index in [0.717, 1.165) is 6.54 Å². The van der Waals surface area contributed by atoms with Gasteiger partial charge in [-0.1, -0.05) is 0 Å². The molecular weight excluding hydrogens is 242 g/mol. The molecule has 7 heteroatoms. The molecule has 6 nitrogen and oxygen atoms in total. The van der Waals surface area contributed by atoms with Crippen molar-refractivity contribution in [2.24, 2.45) is 5.73 Å². The van der Waals surface area contributed by atoms with Crippen LogP contribution in [-0.4, -0.2) is 49.1 Å². The first kappa shape index (κ1) is 14.4. The van der Waals surface area contributed by atoms with E-state index in [4.69, 9.17) is 5.73 Å². The number of amides is 1. The summed E-state index contributed by atoms with van der Waals surface area (Å²) in [6.45, 7) is 5.96. The van der Waals surface area contributed by atoms with Crippen LogP contribution in [0.15, 0.2) is 0 Å². The predicted molar refractivity (Wildman–Crippen MR) is 65.8 cm³/mol. The zero-order chi connectivity index (χ0) is 13.3. The van der Waals surface area contributed by atoms with Crippen molar-refractivity contribution in [2.75, 3.05) is 19.6 Å². The van der Waals surface area contributed by atoms with E-state index in [0.29, 0.717) is 13.0 Å². The summed E-state index contributed by atoms with van der Waals surface area (Å²) < 4.78 is 25.1. The Kier molecular flexibility index (Phi) is 4.16. The van der Waals surface area contributed by atoms with E-state index in [-0.39, 0.29) is 12.6 Å². The van der Waals surface area contributed by atoms with Crippen LogP contribution in [-0.2, 0) is 14.8 Å². The summed E-state index contributed by atoms with van der Waals surface area (Å²) in [6.07, 6.45) is 0.711. The Morgan fingerprint density at radius 1 is 1.47 bits per heavy atom. The Morgan fingerprint density at radius 3 is 2.41 bits per heavy atom. The smallest absolute Gasteiger partial charge is 0.232 e. The normalized spacial score (nSPS) is 22.0. The SMILES string of the molecule is CC(C)(C)S(=O)(=O)N(CC(N)=O)C1CCNC1. The minimum Gasteiger partial charge on any atom is -0.369 e. The lowest BCUT2D eigenvalue weighted by Gasteiger charge is -2.32. The molecule has 1 aliphatic rings. The number of nitrogens with two attached hydrogens (primary N) is 1.